The first kappa shape index (κ1) is 15.2. The van der Waals surface area contributed by atoms with Crippen LogP contribution in [0.5, 0.6) is 0 Å². The molecule has 2 rings (SSSR count). The summed E-state index contributed by atoms with van der Waals surface area (Å²) in [5, 5.41) is 0.900. The molecule has 1 heterocycles. The molecule has 1 aromatic heterocycles. The summed E-state index contributed by atoms with van der Waals surface area (Å²) in [6.07, 6.45) is 0.712. The minimum absolute atomic E-state index is 0.127. The Balaban J connectivity index is 1.88. The summed E-state index contributed by atoms with van der Waals surface area (Å²) < 4.78 is 11.0. The number of imidazole rings is 1. The van der Waals surface area contributed by atoms with Crippen molar-refractivity contribution in [3.8, 4) is 0 Å². The fraction of sp³-hybridized carbons (Fsp3) is 0.500. The van der Waals surface area contributed by atoms with E-state index in [2.05, 4.69) is 9.97 Å². The number of nitrogen functional groups attached to an aromatic ring is 1. The highest BCUT2D eigenvalue weighted by Crippen LogP contribution is 2.22. The molecule has 0 radical (unpaired) electrons. The average Bonchev–Trinajstić information content (AvgIpc) is 2.81. The van der Waals surface area contributed by atoms with E-state index in [9.17, 15) is 0 Å². The van der Waals surface area contributed by atoms with Crippen LogP contribution >= 0.6 is 11.8 Å². The molecule has 0 unspecified atom stereocenters. The normalized spacial score (nSPS) is 11.6. The predicted octanol–water partition coefficient (Wildman–Crippen LogP) is 3.03. The second-order valence-corrected chi connectivity index (χ2v) is 5.38. The van der Waals surface area contributed by atoms with Crippen molar-refractivity contribution >= 4 is 28.5 Å². The lowest BCUT2D eigenvalue weighted by Crippen LogP contribution is -2.18. The molecule has 110 valence electrons. The fourth-order valence-corrected chi connectivity index (χ4v) is 2.76. The van der Waals surface area contributed by atoms with Gasteiger partial charge in [0.2, 0.25) is 0 Å². The Morgan fingerprint density at radius 1 is 1.30 bits per heavy atom. The van der Waals surface area contributed by atoms with E-state index in [1.54, 1.807) is 11.8 Å². The lowest BCUT2D eigenvalue weighted by atomic mass is 10.3. The maximum absolute atomic E-state index is 5.75. The second kappa shape index (κ2) is 7.52. The molecule has 0 aliphatic carbocycles. The number of ether oxygens (including phenoxy) is 2. The van der Waals surface area contributed by atoms with Gasteiger partial charge in [0.15, 0.2) is 11.4 Å². The maximum Gasteiger partial charge on any atom is 0.166 e. The number of fused-ring (bicyclic) bond motifs is 1. The van der Waals surface area contributed by atoms with E-state index in [0.717, 1.165) is 34.1 Å². The third-order valence-electron chi connectivity index (χ3n) is 2.78. The first-order valence-electron chi connectivity index (χ1n) is 6.84. The molecule has 2 aromatic rings. The number of hydrogen-bond acceptors (Lipinski definition) is 5. The van der Waals surface area contributed by atoms with Gasteiger partial charge in [-0.05, 0) is 32.0 Å². The van der Waals surface area contributed by atoms with Gasteiger partial charge in [0.25, 0.3) is 0 Å². The Morgan fingerprint density at radius 3 is 2.75 bits per heavy atom. The minimum Gasteiger partial charge on any atom is -0.399 e. The van der Waals surface area contributed by atoms with E-state index in [-0.39, 0.29) is 6.29 Å². The zero-order chi connectivity index (χ0) is 14.4. The molecule has 1 aromatic carbocycles. The molecule has 6 heteroatoms. The van der Waals surface area contributed by atoms with Crippen LogP contribution in [0, 0.1) is 0 Å². The number of rotatable bonds is 8. The zero-order valence-electron chi connectivity index (χ0n) is 11.9. The van der Waals surface area contributed by atoms with Gasteiger partial charge >= 0.3 is 0 Å². The highest BCUT2D eigenvalue weighted by Gasteiger charge is 2.09. The molecule has 20 heavy (non-hydrogen) atoms. The number of aromatic amines is 1. The monoisotopic (exact) mass is 295 g/mol. The molecule has 0 aliphatic rings. The zero-order valence-corrected chi connectivity index (χ0v) is 12.7. The van der Waals surface area contributed by atoms with Crippen LogP contribution in [0.2, 0.25) is 0 Å². The molecule has 0 fully saturated rings. The summed E-state index contributed by atoms with van der Waals surface area (Å²) in [6.45, 7) is 5.28. The smallest absolute Gasteiger partial charge is 0.166 e. The average molecular weight is 295 g/mol. The summed E-state index contributed by atoms with van der Waals surface area (Å²) in [5.41, 5.74) is 8.40. The van der Waals surface area contributed by atoms with Crippen molar-refractivity contribution < 1.29 is 9.47 Å². The van der Waals surface area contributed by atoms with Crippen molar-refractivity contribution in [1.82, 2.24) is 9.97 Å². The van der Waals surface area contributed by atoms with Crippen molar-refractivity contribution in [2.75, 3.05) is 24.7 Å². The van der Waals surface area contributed by atoms with Crippen molar-refractivity contribution in [1.29, 1.82) is 0 Å². The van der Waals surface area contributed by atoms with E-state index in [4.69, 9.17) is 15.2 Å². The third-order valence-corrected chi connectivity index (χ3v) is 3.69. The molecular formula is C14H21N3O2S. The Morgan fingerprint density at radius 2 is 2.05 bits per heavy atom. The number of benzene rings is 1. The van der Waals surface area contributed by atoms with Crippen molar-refractivity contribution in [2.24, 2.45) is 0 Å². The van der Waals surface area contributed by atoms with Crippen LogP contribution in [-0.4, -0.2) is 35.2 Å². The maximum atomic E-state index is 5.75. The van der Waals surface area contributed by atoms with E-state index in [1.807, 2.05) is 32.0 Å². The van der Waals surface area contributed by atoms with Crippen molar-refractivity contribution in [3.63, 3.8) is 0 Å². The summed E-state index contributed by atoms with van der Waals surface area (Å²) in [7, 11) is 0. The molecule has 0 saturated carbocycles. The number of thioether (sulfide) groups is 1. The Bertz CT molecular complexity index is 538. The molecule has 0 amide bonds. The van der Waals surface area contributed by atoms with E-state index in [0.29, 0.717) is 13.2 Å². The molecule has 0 bridgehead atoms. The van der Waals surface area contributed by atoms with Gasteiger partial charge in [-0.15, -0.1) is 0 Å². The number of nitrogens with zero attached hydrogens (tertiary/aromatic N) is 1. The third kappa shape index (κ3) is 4.13. The van der Waals surface area contributed by atoms with Crippen LogP contribution in [0.3, 0.4) is 0 Å². The number of nitrogens with two attached hydrogens (primary N) is 1. The van der Waals surface area contributed by atoms with Gasteiger partial charge in [-0.25, -0.2) is 4.98 Å². The van der Waals surface area contributed by atoms with Gasteiger partial charge in [0, 0.05) is 31.1 Å². The van der Waals surface area contributed by atoms with Crippen LogP contribution in [0.15, 0.2) is 23.4 Å². The van der Waals surface area contributed by atoms with E-state index in [1.165, 1.54) is 0 Å². The molecule has 0 aliphatic heterocycles. The SMILES string of the molecule is CCOC(CCSc1nc2ccc(N)cc2[nH]1)OCC. The summed E-state index contributed by atoms with van der Waals surface area (Å²) in [4.78, 5) is 7.78. The van der Waals surface area contributed by atoms with Gasteiger partial charge < -0.3 is 20.2 Å². The van der Waals surface area contributed by atoms with Crippen LogP contribution in [0.4, 0.5) is 5.69 Å². The number of H-pyrrole nitrogens is 1. The van der Waals surface area contributed by atoms with Gasteiger partial charge in [-0.3, -0.25) is 0 Å². The van der Waals surface area contributed by atoms with Gasteiger partial charge in [-0.2, -0.15) is 0 Å². The molecule has 0 spiro atoms. The quantitative estimate of drug-likeness (QED) is 0.445. The number of aromatic nitrogens is 2. The predicted molar refractivity (Wildman–Crippen MR) is 82.9 cm³/mol. The van der Waals surface area contributed by atoms with Gasteiger partial charge in [-0.1, -0.05) is 11.8 Å². The summed E-state index contributed by atoms with van der Waals surface area (Å²) >= 11 is 1.66. The molecule has 0 atom stereocenters. The highest BCUT2D eigenvalue weighted by atomic mass is 32.2. The van der Waals surface area contributed by atoms with Gasteiger partial charge in [0.1, 0.15) is 0 Å². The van der Waals surface area contributed by atoms with Crippen LogP contribution in [0.25, 0.3) is 11.0 Å². The largest absolute Gasteiger partial charge is 0.399 e. The number of nitrogens with one attached hydrogen (secondary N) is 1. The second-order valence-electron chi connectivity index (χ2n) is 4.30. The van der Waals surface area contributed by atoms with E-state index >= 15 is 0 Å². The first-order chi connectivity index (χ1) is 9.72. The van der Waals surface area contributed by atoms with Crippen LogP contribution in [0.1, 0.15) is 20.3 Å². The van der Waals surface area contributed by atoms with E-state index < -0.39 is 0 Å². The first-order valence-corrected chi connectivity index (χ1v) is 7.82. The Hall–Kier alpha value is -1.24. The number of anilines is 1. The minimum atomic E-state index is -0.127. The Labute approximate surface area is 123 Å². The summed E-state index contributed by atoms with van der Waals surface area (Å²) in [6, 6.07) is 5.68. The molecule has 5 nitrogen and oxygen atoms in total. The molecular weight excluding hydrogens is 274 g/mol. The number of hydrogen-bond donors (Lipinski definition) is 2. The van der Waals surface area contributed by atoms with Crippen LogP contribution in [-0.2, 0) is 9.47 Å². The standard InChI is InChI=1S/C14H21N3O2S/c1-3-18-13(19-4-2)7-8-20-14-16-11-6-5-10(15)9-12(11)17-14/h5-6,9,13H,3-4,7-8,15H2,1-2H3,(H,16,17). The summed E-state index contributed by atoms with van der Waals surface area (Å²) in [5.74, 6) is 0.889. The topological polar surface area (TPSA) is 73.2 Å². The fourth-order valence-electron chi connectivity index (χ4n) is 1.91. The van der Waals surface area contributed by atoms with Gasteiger partial charge in [0.05, 0.1) is 11.0 Å². The molecule has 0 saturated heterocycles. The van der Waals surface area contributed by atoms with Crippen molar-refractivity contribution in [3.05, 3.63) is 18.2 Å². The lowest BCUT2D eigenvalue weighted by molar-refractivity contribution is -0.136. The van der Waals surface area contributed by atoms with Crippen LogP contribution < -0.4 is 5.73 Å². The lowest BCUT2D eigenvalue weighted by Gasteiger charge is -2.15. The highest BCUT2D eigenvalue weighted by molar-refractivity contribution is 7.99. The molecule has 3 N–H and O–H groups in total. The van der Waals surface area contributed by atoms with Crippen molar-refractivity contribution in [2.45, 2.75) is 31.7 Å². The Kier molecular flexibility index (Phi) is 5.70.